The Kier molecular flexibility index (Phi) is 5.36. The van der Waals surface area contributed by atoms with Crippen LogP contribution in [0.15, 0.2) is 66.7 Å². The number of benzene rings is 3. The van der Waals surface area contributed by atoms with E-state index in [2.05, 4.69) is 5.32 Å². The van der Waals surface area contributed by atoms with Crippen molar-refractivity contribution in [2.24, 2.45) is 0 Å². The molecular formula is C24H22ClN3O. The SMILES string of the molecule is Cc1ccc(C)c(NC(=O)Cn2c(Cc3ccc(Cl)cc3)nc3ccccc32)c1. The lowest BCUT2D eigenvalue weighted by Gasteiger charge is -2.12. The molecule has 5 heteroatoms. The van der Waals surface area contributed by atoms with Crippen molar-refractivity contribution in [1.29, 1.82) is 0 Å². The van der Waals surface area contributed by atoms with Crippen LogP contribution in [0, 0.1) is 13.8 Å². The molecule has 146 valence electrons. The van der Waals surface area contributed by atoms with E-state index < -0.39 is 0 Å². The maximum atomic E-state index is 12.9. The Labute approximate surface area is 175 Å². The first-order valence-electron chi connectivity index (χ1n) is 9.55. The van der Waals surface area contributed by atoms with E-state index in [1.165, 1.54) is 0 Å². The van der Waals surface area contributed by atoms with Crippen LogP contribution in [0.5, 0.6) is 0 Å². The molecule has 4 nitrogen and oxygen atoms in total. The molecule has 0 saturated carbocycles. The fourth-order valence-corrected chi connectivity index (χ4v) is 3.55. The number of imidazole rings is 1. The molecule has 4 rings (SSSR count). The fraction of sp³-hybridized carbons (Fsp3) is 0.167. The van der Waals surface area contributed by atoms with Gasteiger partial charge >= 0.3 is 0 Å². The van der Waals surface area contributed by atoms with Crippen LogP contribution in [0.25, 0.3) is 11.0 Å². The van der Waals surface area contributed by atoms with Gasteiger partial charge in [0.2, 0.25) is 5.91 Å². The highest BCUT2D eigenvalue weighted by Gasteiger charge is 2.15. The molecule has 0 aliphatic rings. The van der Waals surface area contributed by atoms with Gasteiger partial charge < -0.3 is 9.88 Å². The van der Waals surface area contributed by atoms with Crippen LogP contribution in [0.2, 0.25) is 5.02 Å². The maximum absolute atomic E-state index is 12.9. The highest BCUT2D eigenvalue weighted by atomic mass is 35.5. The summed E-state index contributed by atoms with van der Waals surface area (Å²) in [7, 11) is 0. The van der Waals surface area contributed by atoms with Crippen LogP contribution >= 0.6 is 11.6 Å². The summed E-state index contributed by atoms with van der Waals surface area (Å²) >= 11 is 6.01. The van der Waals surface area contributed by atoms with Crippen LogP contribution in [0.1, 0.15) is 22.5 Å². The van der Waals surface area contributed by atoms with E-state index in [1.54, 1.807) is 0 Å². The molecule has 29 heavy (non-hydrogen) atoms. The monoisotopic (exact) mass is 403 g/mol. The Balaban J connectivity index is 1.64. The van der Waals surface area contributed by atoms with E-state index in [9.17, 15) is 4.79 Å². The molecule has 0 unspecified atom stereocenters. The molecule has 0 saturated heterocycles. The first kappa shape index (κ1) is 19.2. The highest BCUT2D eigenvalue weighted by Crippen LogP contribution is 2.21. The minimum atomic E-state index is -0.0702. The first-order chi connectivity index (χ1) is 14.0. The molecule has 4 aromatic rings. The molecule has 1 N–H and O–H groups in total. The van der Waals surface area contributed by atoms with Gasteiger partial charge in [0.1, 0.15) is 12.4 Å². The van der Waals surface area contributed by atoms with Crippen molar-refractivity contribution < 1.29 is 4.79 Å². The third-order valence-corrected chi connectivity index (χ3v) is 5.23. The first-order valence-corrected chi connectivity index (χ1v) is 9.93. The Morgan fingerprint density at radius 1 is 1.03 bits per heavy atom. The largest absolute Gasteiger partial charge is 0.324 e. The molecular weight excluding hydrogens is 382 g/mol. The topological polar surface area (TPSA) is 46.9 Å². The van der Waals surface area contributed by atoms with Crippen molar-refractivity contribution in [2.75, 3.05) is 5.32 Å². The number of nitrogens with zero attached hydrogens (tertiary/aromatic N) is 2. The van der Waals surface area contributed by atoms with Crippen LogP contribution in [-0.4, -0.2) is 15.5 Å². The van der Waals surface area contributed by atoms with E-state index in [4.69, 9.17) is 16.6 Å². The zero-order chi connectivity index (χ0) is 20.4. The number of rotatable bonds is 5. The summed E-state index contributed by atoms with van der Waals surface area (Å²) in [5.74, 6) is 0.781. The van der Waals surface area contributed by atoms with Gasteiger partial charge in [0.05, 0.1) is 11.0 Å². The van der Waals surface area contributed by atoms with Gasteiger partial charge in [0.15, 0.2) is 0 Å². The Morgan fingerprint density at radius 3 is 2.59 bits per heavy atom. The van der Waals surface area contributed by atoms with Gasteiger partial charge in [-0.3, -0.25) is 4.79 Å². The summed E-state index contributed by atoms with van der Waals surface area (Å²) in [5, 5.41) is 3.75. The van der Waals surface area contributed by atoms with Crippen molar-refractivity contribution in [3.63, 3.8) is 0 Å². The molecule has 0 spiro atoms. The third-order valence-electron chi connectivity index (χ3n) is 4.98. The second kappa shape index (κ2) is 8.10. The van der Waals surface area contributed by atoms with E-state index in [0.29, 0.717) is 11.4 Å². The molecule has 0 aliphatic heterocycles. The quantitative estimate of drug-likeness (QED) is 0.475. The number of hydrogen-bond acceptors (Lipinski definition) is 2. The van der Waals surface area contributed by atoms with Gasteiger partial charge in [0.25, 0.3) is 0 Å². The Morgan fingerprint density at radius 2 is 1.79 bits per heavy atom. The Bertz CT molecular complexity index is 1180. The molecule has 0 radical (unpaired) electrons. The lowest BCUT2D eigenvalue weighted by atomic mass is 10.1. The minimum Gasteiger partial charge on any atom is -0.324 e. The predicted molar refractivity (Wildman–Crippen MR) is 119 cm³/mol. The van der Waals surface area contributed by atoms with Crippen LogP contribution in [0.3, 0.4) is 0 Å². The second-order valence-electron chi connectivity index (χ2n) is 7.27. The summed E-state index contributed by atoms with van der Waals surface area (Å²) in [6.45, 7) is 4.22. The number of fused-ring (bicyclic) bond motifs is 1. The van der Waals surface area contributed by atoms with Crippen molar-refractivity contribution in [1.82, 2.24) is 9.55 Å². The molecule has 0 aliphatic carbocycles. The number of hydrogen-bond donors (Lipinski definition) is 1. The normalized spacial score (nSPS) is 11.0. The number of halogens is 1. The number of amides is 1. The highest BCUT2D eigenvalue weighted by molar-refractivity contribution is 6.30. The van der Waals surface area contributed by atoms with Crippen molar-refractivity contribution in [3.8, 4) is 0 Å². The molecule has 1 aromatic heterocycles. The zero-order valence-corrected chi connectivity index (χ0v) is 17.2. The van der Waals surface area contributed by atoms with Gasteiger partial charge in [-0.25, -0.2) is 4.98 Å². The van der Waals surface area contributed by atoms with Crippen LogP contribution in [-0.2, 0) is 17.8 Å². The Hall–Kier alpha value is -3.11. The van der Waals surface area contributed by atoms with Gasteiger partial charge in [-0.15, -0.1) is 0 Å². The summed E-state index contributed by atoms with van der Waals surface area (Å²) in [4.78, 5) is 17.6. The standard InChI is InChI=1S/C24H22ClN3O/c1-16-7-8-17(2)21(13-16)27-24(29)15-28-22-6-4-3-5-20(22)26-23(28)14-18-9-11-19(25)12-10-18/h3-13H,14-15H2,1-2H3,(H,27,29). The summed E-state index contributed by atoms with van der Waals surface area (Å²) in [6, 6.07) is 21.7. The van der Waals surface area contributed by atoms with E-state index >= 15 is 0 Å². The smallest absolute Gasteiger partial charge is 0.244 e. The van der Waals surface area contributed by atoms with Gasteiger partial charge in [0, 0.05) is 17.1 Å². The maximum Gasteiger partial charge on any atom is 0.244 e. The zero-order valence-electron chi connectivity index (χ0n) is 16.4. The molecule has 3 aromatic carbocycles. The molecule has 0 bridgehead atoms. The number of para-hydroxylation sites is 2. The summed E-state index contributed by atoms with van der Waals surface area (Å²) in [6.07, 6.45) is 0.628. The number of aryl methyl sites for hydroxylation is 2. The van der Waals surface area contributed by atoms with Crippen molar-refractivity contribution >= 4 is 34.2 Å². The third kappa shape index (κ3) is 4.33. The second-order valence-corrected chi connectivity index (χ2v) is 7.71. The summed E-state index contributed by atoms with van der Waals surface area (Å²) in [5.41, 5.74) is 5.94. The lowest BCUT2D eigenvalue weighted by molar-refractivity contribution is -0.116. The van der Waals surface area contributed by atoms with Gasteiger partial charge in [-0.2, -0.15) is 0 Å². The molecule has 1 amide bonds. The average molecular weight is 404 g/mol. The summed E-state index contributed by atoms with van der Waals surface area (Å²) < 4.78 is 1.99. The number of aromatic nitrogens is 2. The van der Waals surface area contributed by atoms with Crippen molar-refractivity contribution in [2.45, 2.75) is 26.8 Å². The molecule has 0 fully saturated rings. The van der Waals surface area contributed by atoms with Crippen LogP contribution < -0.4 is 5.32 Å². The van der Waals surface area contributed by atoms with Gasteiger partial charge in [-0.05, 0) is 60.9 Å². The number of nitrogens with one attached hydrogen (secondary N) is 1. The molecule has 1 heterocycles. The van der Waals surface area contributed by atoms with Crippen LogP contribution in [0.4, 0.5) is 5.69 Å². The van der Waals surface area contributed by atoms with E-state index in [1.807, 2.05) is 85.1 Å². The lowest BCUT2D eigenvalue weighted by Crippen LogP contribution is -2.20. The fourth-order valence-electron chi connectivity index (χ4n) is 3.43. The average Bonchev–Trinajstić information content (AvgIpc) is 3.03. The number of anilines is 1. The van der Waals surface area contributed by atoms with Crippen molar-refractivity contribution in [3.05, 3.63) is 94.3 Å². The minimum absolute atomic E-state index is 0.0702. The molecule has 0 atom stereocenters. The number of carbonyl (C=O) groups is 1. The van der Waals surface area contributed by atoms with Gasteiger partial charge in [-0.1, -0.05) is 48.0 Å². The number of carbonyl (C=O) groups excluding carboxylic acids is 1. The van der Waals surface area contributed by atoms with E-state index in [0.717, 1.165) is 39.2 Å². The predicted octanol–water partition coefficient (Wildman–Crippen LogP) is 5.54. The van der Waals surface area contributed by atoms with E-state index in [-0.39, 0.29) is 12.5 Å².